The molecule has 1 fully saturated rings. The molecule has 70 valence electrons. The zero-order valence-corrected chi connectivity index (χ0v) is 7.60. The molecule has 5 heteroatoms. The Morgan fingerprint density at radius 3 is 2.83 bits per heavy atom. The molecule has 0 aliphatic carbocycles. The molecule has 0 atom stereocenters. The molecule has 1 aliphatic rings. The van der Waals surface area contributed by atoms with Gasteiger partial charge >= 0.3 is 0 Å². The second-order valence-corrected chi connectivity index (χ2v) is 4.39. The van der Waals surface area contributed by atoms with Crippen molar-refractivity contribution in [3.8, 4) is 0 Å². The first-order chi connectivity index (χ1) is 5.58. The molecule has 1 aliphatic heterocycles. The van der Waals surface area contributed by atoms with Crippen LogP contribution in [0.4, 0.5) is 0 Å². The van der Waals surface area contributed by atoms with E-state index in [0.717, 1.165) is 31.5 Å². The minimum Gasteiger partial charge on any atom is -0.313 e. The minimum atomic E-state index is -3.83. The maximum absolute atomic E-state index is 10.4. The SMILES string of the molecule is O=S(=O)(O)C/C=C1\CCCNC1. The second kappa shape index (κ2) is 4.02. The summed E-state index contributed by atoms with van der Waals surface area (Å²) in [7, 11) is -3.83. The van der Waals surface area contributed by atoms with Crippen molar-refractivity contribution >= 4 is 10.1 Å². The molecule has 0 aromatic heterocycles. The van der Waals surface area contributed by atoms with Crippen LogP contribution >= 0.6 is 0 Å². The predicted octanol–water partition coefficient (Wildman–Crippen LogP) is 0.184. The molecular weight excluding hydrogens is 178 g/mol. The fourth-order valence-corrected chi connectivity index (χ4v) is 1.62. The molecular formula is C7H13NO3S. The van der Waals surface area contributed by atoms with Crippen LogP contribution in [0.1, 0.15) is 12.8 Å². The number of piperidine rings is 1. The van der Waals surface area contributed by atoms with E-state index < -0.39 is 10.1 Å². The Morgan fingerprint density at radius 1 is 1.58 bits per heavy atom. The van der Waals surface area contributed by atoms with Crippen LogP contribution in [0, 0.1) is 0 Å². The van der Waals surface area contributed by atoms with Gasteiger partial charge in [-0.15, -0.1) is 0 Å². The van der Waals surface area contributed by atoms with Crippen LogP contribution in [0.25, 0.3) is 0 Å². The zero-order valence-electron chi connectivity index (χ0n) is 6.78. The summed E-state index contributed by atoms with van der Waals surface area (Å²) in [5.74, 6) is -0.260. The zero-order chi connectivity index (χ0) is 9.03. The van der Waals surface area contributed by atoms with E-state index in [-0.39, 0.29) is 5.75 Å². The van der Waals surface area contributed by atoms with Gasteiger partial charge in [0.25, 0.3) is 10.1 Å². The van der Waals surface area contributed by atoms with Gasteiger partial charge in [-0.25, -0.2) is 0 Å². The van der Waals surface area contributed by atoms with Gasteiger partial charge in [0.15, 0.2) is 0 Å². The van der Waals surface area contributed by atoms with Crippen molar-refractivity contribution in [2.24, 2.45) is 0 Å². The van der Waals surface area contributed by atoms with Crippen molar-refractivity contribution in [3.05, 3.63) is 11.6 Å². The topological polar surface area (TPSA) is 66.4 Å². The van der Waals surface area contributed by atoms with Crippen LogP contribution in [-0.2, 0) is 10.1 Å². The first kappa shape index (κ1) is 9.70. The van der Waals surface area contributed by atoms with Crippen LogP contribution in [0.2, 0.25) is 0 Å². The molecule has 0 saturated carbocycles. The summed E-state index contributed by atoms with van der Waals surface area (Å²) in [6.45, 7) is 1.73. The molecule has 2 N–H and O–H groups in total. The average Bonchev–Trinajstić information content (AvgIpc) is 2.02. The highest BCUT2D eigenvalue weighted by molar-refractivity contribution is 7.85. The molecule has 0 aromatic rings. The van der Waals surface area contributed by atoms with Crippen LogP contribution in [0.15, 0.2) is 11.6 Å². The van der Waals surface area contributed by atoms with E-state index in [1.165, 1.54) is 0 Å². The number of rotatable bonds is 2. The van der Waals surface area contributed by atoms with Crippen LogP contribution in [0.3, 0.4) is 0 Å². The molecule has 0 aromatic carbocycles. The average molecular weight is 191 g/mol. The molecule has 1 rings (SSSR count). The molecule has 1 heterocycles. The third-order valence-electron chi connectivity index (χ3n) is 1.79. The van der Waals surface area contributed by atoms with Crippen LogP contribution in [0.5, 0.6) is 0 Å². The standard InChI is InChI=1S/C7H13NO3S/c9-12(10,11)5-3-7-2-1-4-8-6-7/h3,8H,1-2,4-6H2,(H,9,10,11)/b7-3+. The van der Waals surface area contributed by atoms with Gasteiger partial charge < -0.3 is 5.32 Å². The molecule has 12 heavy (non-hydrogen) atoms. The summed E-state index contributed by atoms with van der Waals surface area (Å²) < 4.78 is 29.2. The molecule has 4 nitrogen and oxygen atoms in total. The van der Waals surface area contributed by atoms with Crippen molar-refractivity contribution in [2.45, 2.75) is 12.8 Å². The molecule has 1 saturated heterocycles. The van der Waals surface area contributed by atoms with E-state index >= 15 is 0 Å². The van der Waals surface area contributed by atoms with Crippen molar-refractivity contribution in [3.63, 3.8) is 0 Å². The van der Waals surface area contributed by atoms with Gasteiger partial charge in [0, 0.05) is 6.54 Å². The Hall–Kier alpha value is -0.390. The van der Waals surface area contributed by atoms with Crippen molar-refractivity contribution in [1.82, 2.24) is 5.32 Å². The summed E-state index contributed by atoms with van der Waals surface area (Å²) in [4.78, 5) is 0. The summed E-state index contributed by atoms with van der Waals surface area (Å²) in [6, 6.07) is 0. The summed E-state index contributed by atoms with van der Waals surface area (Å²) in [6.07, 6.45) is 3.56. The lowest BCUT2D eigenvalue weighted by Gasteiger charge is -2.14. The van der Waals surface area contributed by atoms with Gasteiger partial charge in [-0.2, -0.15) is 8.42 Å². The van der Waals surface area contributed by atoms with Gasteiger partial charge in [0.1, 0.15) is 0 Å². The molecule has 0 spiro atoms. The lowest BCUT2D eigenvalue weighted by molar-refractivity contribution is 0.486. The fraction of sp³-hybridized carbons (Fsp3) is 0.714. The largest absolute Gasteiger partial charge is 0.313 e. The Labute approximate surface area is 72.4 Å². The van der Waals surface area contributed by atoms with Gasteiger partial charge in [-0.05, 0) is 19.4 Å². The Morgan fingerprint density at radius 2 is 2.33 bits per heavy atom. The number of hydrogen-bond donors (Lipinski definition) is 2. The Kier molecular flexibility index (Phi) is 3.25. The third kappa shape index (κ3) is 3.85. The molecule has 0 radical (unpaired) electrons. The van der Waals surface area contributed by atoms with E-state index in [1.54, 1.807) is 6.08 Å². The van der Waals surface area contributed by atoms with E-state index in [4.69, 9.17) is 4.55 Å². The van der Waals surface area contributed by atoms with Gasteiger partial charge in [0.2, 0.25) is 0 Å². The molecule has 0 unspecified atom stereocenters. The predicted molar refractivity (Wildman–Crippen MR) is 46.6 cm³/mol. The summed E-state index contributed by atoms with van der Waals surface area (Å²) in [5.41, 5.74) is 1.07. The summed E-state index contributed by atoms with van der Waals surface area (Å²) in [5, 5.41) is 3.13. The first-order valence-corrected chi connectivity index (χ1v) is 5.52. The van der Waals surface area contributed by atoms with Crippen molar-refractivity contribution < 1.29 is 13.0 Å². The highest BCUT2D eigenvalue weighted by Gasteiger charge is 2.06. The van der Waals surface area contributed by atoms with E-state index in [9.17, 15) is 8.42 Å². The van der Waals surface area contributed by atoms with Crippen LogP contribution < -0.4 is 5.32 Å². The Bertz CT molecular complexity index is 260. The molecule has 0 amide bonds. The maximum atomic E-state index is 10.4. The van der Waals surface area contributed by atoms with Gasteiger partial charge in [0.05, 0.1) is 5.75 Å². The van der Waals surface area contributed by atoms with Crippen LogP contribution in [-0.4, -0.2) is 31.8 Å². The maximum Gasteiger partial charge on any atom is 0.268 e. The third-order valence-corrected chi connectivity index (χ3v) is 2.37. The quantitative estimate of drug-likeness (QED) is 0.483. The van der Waals surface area contributed by atoms with Gasteiger partial charge in [-0.3, -0.25) is 4.55 Å². The second-order valence-electron chi connectivity index (χ2n) is 2.89. The number of nitrogens with one attached hydrogen (secondary N) is 1. The number of hydrogen-bond acceptors (Lipinski definition) is 3. The van der Waals surface area contributed by atoms with Crippen molar-refractivity contribution in [2.75, 3.05) is 18.8 Å². The van der Waals surface area contributed by atoms with E-state index in [1.807, 2.05) is 0 Å². The summed E-state index contributed by atoms with van der Waals surface area (Å²) >= 11 is 0. The first-order valence-electron chi connectivity index (χ1n) is 3.92. The lowest BCUT2D eigenvalue weighted by Crippen LogP contribution is -2.24. The smallest absolute Gasteiger partial charge is 0.268 e. The molecule has 0 bridgehead atoms. The van der Waals surface area contributed by atoms with E-state index in [2.05, 4.69) is 5.32 Å². The van der Waals surface area contributed by atoms with E-state index in [0.29, 0.717) is 0 Å². The normalized spacial score (nSPS) is 22.9. The minimum absolute atomic E-state index is 0.260. The monoisotopic (exact) mass is 191 g/mol. The highest BCUT2D eigenvalue weighted by Crippen LogP contribution is 2.08. The Balaban J connectivity index is 2.45. The fourth-order valence-electron chi connectivity index (χ4n) is 1.18. The lowest BCUT2D eigenvalue weighted by atomic mass is 10.1. The highest BCUT2D eigenvalue weighted by atomic mass is 32.2. The van der Waals surface area contributed by atoms with Crippen molar-refractivity contribution in [1.29, 1.82) is 0 Å². The van der Waals surface area contributed by atoms with Gasteiger partial charge in [-0.1, -0.05) is 11.6 Å².